The predicted octanol–water partition coefficient (Wildman–Crippen LogP) is 3.10. The van der Waals surface area contributed by atoms with E-state index >= 15 is 0 Å². The fourth-order valence-electron chi connectivity index (χ4n) is 2.91. The summed E-state index contributed by atoms with van der Waals surface area (Å²) < 4.78 is 32.8. The lowest BCUT2D eigenvalue weighted by Gasteiger charge is -2.16. The van der Waals surface area contributed by atoms with E-state index in [2.05, 4.69) is 5.32 Å². The largest absolute Gasteiger partial charge is 0.493 e. The van der Waals surface area contributed by atoms with Gasteiger partial charge in [-0.05, 0) is 35.4 Å². The van der Waals surface area contributed by atoms with Gasteiger partial charge in [-0.25, -0.2) is 0 Å². The fraction of sp³-hybridized carbons (Fsp3) is 0.300. The van der Waals surface area contributed by atoms with Crippen LogP contribution in [0.25, 0.3) is 0 Å². The molecule has 1 N–H and O–H groups in total. The maximum atomic E-state index is 11.8. The predicted molar refractivity (Wildman–Crippen MR) is 111 cm³/mol. The van der Waals surface area contributed by atoms with Gasteiger partial charge in [0.05, 0.1) is 18.1 Å². The van der Waals surface area contributed by atoms with E-state index < -0.39 is 15.4 Å². The molecular weight excluding hydrogens is 414 g/mol. The summed E-state index contributed by atoms with van der Waals surface area (Å²) in [6.07, 6.45) is 1.65. The van der Waals surface area contributed by atoms with Crippen LogP contribution >= 0.6 is 11.8 Å². The van der Waals surface area contributed by atoms with E-state index in [0.717, 1.165) is 29.1 Å². The number of hydrogen-bond donors (Lipinski definition) is 1. The Balaban J connectivity index is 1.50. The molecular formula is C20H21NO6S2. The molecule has 2 unspecified atom stereocenters. The van der Waals surface area contributed by atoms with Gasteiger partial charge >= 0.3 is 10.1 Å². The molecule has 2 aromatic rings. The summed E-state index contributed by atoms with van der Waals surface area (Å²) in [5.74, 6) is 0.643. The highest BCUT2D eigenvalue weighted by Gasteiger charge is 2.36. The molecule has 1 aliphatic rings. The standard InChI is InChI=1S/C20H21NO6S2/c1-13(18-19(22)21-20(23)28-18)15-5-9-16(10-6-15)26-12-11-14-3-7-17(8-4-14)27-29(2,24)25/h3-10,13,18H,11-12H2,1-2H3,(H,21,22,23). The summed E-state index contributed by atoms with van der Waals surface area (Å²) in [6, 6.07) is 14.3. The van der Waals surface area contributed by atoms with Crippen molar-refractivity contribution in [3.05, 3.63) is 59.7 Å². The van der Waals surface area contributed by atoms with E-state index in [1.807, 2.05) is 31.2 Å². The molecule has 0 spiro atoms. The second kappa shape index (κ2) is 8.87. The minimum Gasteiger partial charge on any atom is -0.493 e. The third kappa shape index (κ3) is 5.98. The van der Waals surface area contributed by atoms with Gasteiger partial charge in [0.15, 0.2) is 0 Å². The number of nitrogens with one attached hydrogen (secondary N) is 1. The molecule has 2 aromatic carbocycles. The van der Waals surface area contributed by atoms with Crippen LogP contribution in [0.3, 0.4) is 0 Å². The first-order valence-corrected chi connectivity index (χ1v) is 11.6. The average molecular weight is 436 g/mol. The molecule has 0 aliphatic carbocycles. The second-order valence-electron chi connectivity index (χ2n) is 6.70. The quantitative estimate of drug-likeness (QED) is 0.636. The first-order valence-electron chi connectivity index (χ1n) is 8.94. The van der Waals surface area contributed by atoms with Crippen molar-refractivity contribution in [1.82, 2.24) is 5.32 Å². The Labute approximate surface area is 173 Å². The van der Waals surface area contributed by atoms with Gasteiger partial charge in [-0.2, -0.15) is 8.42 Å². The van der Waals surface area contributed by atoms with Crippen LogP contribution in [-0.2, 0) is 21.3 Å². The summed E-state index contributed by atoms with van der Waals surface area (Å²) in [5, 5.41) is 1.59. The maximum Gasteiger partial charge on any atom is 0.306 e. The van der Waals surface area contributed by atoms with E-state index in [1.54, 1.807) is 24.3 Å². The molecule has 0 radical (unpaired) electrons. The van der Waals surface area contributed by atoms with E-state index in [-0.39, 0.29) is 22.8 Å². The van der Waals surface area contributed by atoms with E-state index in [9.17, 15) is 18.0 Å². The number of imide groups is 1. The minimum absolute atomic E-state index is 0.0897. The van der Waals surface area contributed by atoms with Gasteiger partial charge in [0.25, 0.3) is 5.24 Å². The molecule has 7 nitrogen and oxygen atoms in total. The molecule has 1 fully saturated rings. The Morgan fingerprint density at radius 1 is 1.03 bits per heavy atom. The average Bonchev–Trinajstić information content (AvgIpc) is 3.00. The molecule has 9 heteroatoms. The van der Waals surface area contributed by atoms with Crippen LogP contribution in [0, 0.1) is 0 Å². The van der Waals surface area contributed by atoms with Crippen LogP contribution in [0.4, 0.5) is 4.79 Å². The highest BCUT2D eigenvalue weighted by molar-refractivity contribution is 8.15. The number of thioether (sulfide) groups is 1. The van der Waals surface area contributed by atoms with Crippen molar-refractivity contribution in [2.45, 2.75) is 24.5 Å². The molecule has 2 amide bonds. The van der Waals surface area contributed by atoms with Gasteiger partial charge < -0.3 is 8.92 Å². The van der Waals surface area contributed by atoms with E-state index in [1.165, 1.54) is 0 Å². The van der Waals surface area contributed by atoms with Crippen molar-refractivity contribution < 1.29 is 26.9 Å². The van der Waals surface area contributed by atoms with Crippen LogP contribution < -0.4 is 14.2 Å². The molecule has 0 saturated carbocycles. The SMILES string of the molecule is CC(c1ccc(OCCc2ccc(OS(C)(=O)=O)cc2)cc1)C1SC(=O)NC1=O. The first kappa shape index (κ1) is 21.2. The number of hydrogen-bond acceptors (Lipinski definition) is 7. The number of benzene rings is 2. The van der Waals surface area contributed by atoms with E-state index in [4.69, 9.17) is 8.92 Å². The number of amides is 2. The van der Waals surface area contributed by atoms with Crippen molar-refractivity contribution in [2.75, 3.05) is 12.9 Å². The van der Waals surface area contributed by atoms with Gasteiger partial charge in [0.2, 0.25) is 5.91 Å². The van der Waals surface area contributed by atoms with Gasteiger partial charge in [0.1, 0.15) is 11.5 Å². The van der Waals surface area contributed by atoms with Crippen molar-refractivity contribution in [2.24, 2.45) is 0 Å². The summed E-state index contributed by atoms with van der Waals surface area (Å²) in [6.45, 7) is 2.37. The van der Waals surface area contributed by atoms with Crippen LogP contribution in [0.1, 0.15) is 24.0 Å². The molecule has 1 heterocycles. The molecule has 154 valence electrons. The smallest absolute Gasteiger partial charge is 0.306 e. The molecule has 1 aliphatic heterocycles. The van der Waals surface area contributed by atoms with Crippen molar-refractivity contribution in [1.29, 1.82) is 0 Å². The lowest BCUT2D eigenvalue weighted by molar-refractivity contribution is -0.119. The zero-order valence-corrected chi connectivity index (χ0v) is 17.6. The lowest BCUT2D eigenvalue weighted by atomic mass is 9.97. The number of ether oxygens (including phenoxy) is 1. The Morgan fingerprint density at radius 3 is 2.21 bits per heavy atom. The fourth-order valence-corrected chi connectivity index (χ4v) is 4.29. The summed E-state index contributed by atoms with van der Waals surface area (Å²) in [7, 11) is -3.53. The highest BCUT2D eigenvalue weighted by atomic mass is 32.2. The Bertz CT molecular complexity index is 987. The Hall–Kier alpha value is -2.52. The Kier molecular flexibility index (Phi) is 6.49. The minimum atomic E-state index is -3.53. The summed E-state index contributed by atoms with van der Waals surface area (Å²) in [4.78, 5) is 23.2. The molecule has 3 rings (SSSR count). The molecule has 29 heavy (non-hydrogen) atoms. The zero-order chi connectivity index (χ0) is 21.0. The van der Waals surface area contributed by atoms with Crippen molar-refractivity contribution in [3.63, 3.8) is 0 Å². The van der Waals surface area contributed by atoms with Crippen molar-refractivity contribution >= 4 is 33.0 Å². The summed E-state index contributed by atoms with van der Waals surface area (Å²) >= 11 is 1.02. The molecule has 1 saturated heterocycles. The second-order valence-corrected chi connectivity index (χ2v) is 9.39. The topological polar surface area (TPSA) is 98.8 Å². The Morgan fingerprint density at radius 2 is 1.66 bits per heavy atom. The third-order valence-electron chi connectivity index (χ3n) is 4.41. The van der Waals surface area contributed by atoms with Crippen LogP contribution in [0.5, 0.6) is 11.5 Å². The number of rotatable bonds is 8. The summed E-state index contributed by atoms with van der Waals surface area (Å²) in [5.41, 5.74) is 1.95. The molecule has 0 bridgehead atoms. The zero-order valence-electron chi connectivity index (χ0n) is 16.0. The van der Waals surface area contributed by atoms with Crippen LogP contribution in [0.15, 0.2) is 48.5 Å². The monoisotopic (exact) mass is 435 g/mol. The lowest BCUT2D eigenvalue weighted by Crippen LogP contribution is -2.27. The van der Waals surface area contributed by atoms with Crippen molar-refractivity contribution in [3.8, 4) is 11.5 Å². The highest BCUT2D eigenvalue weighted by Crippen LogP contribution is 2.33. The number of carbonyl (C=O) groups excluding carboxylic acids is 2. The van der Waals surface area contributed by atoms with Gasteiger partial charge in [0, 0.05) is 12.3 Å². The van der Waals surface area contributed by atoms with Crippen LogP contribution in [-0.4, -0.2) is 37.7 Å². The van der Waals surface area contributed by atoms with Crippen LogP contribution in [0.2, 0.25) is 0 Å². The first-order chi connectivity index (χ1) is 13.7. The number of carbonyl (C=O) groups is 2. The van der Waals surface area contributed by atoms with Gasteiger partial charge in [-0.1, -0.05) is 43.0 Å². The normalized spacial score (nSPS) is 17.7. The van der Waals surface area contributed by atoms with Gasteiger partial charge in [-0.15, -0.1) is 0 Å². The van der Waals surface area contributed by atoms with Gasteiger partial charge in [-0.3, -0.25) is 14.9 Å². The van der Waals surface area contributed by atoms with E-state index in [0.29, 0.717) is 18.8 Å². The third-order valence-corrected chi connectivity index (χ3v) is 6.10. The molecule has 2 atom stereocenters. The maximum absolute atomic E-state index is 11.8. The molecule has 0 aromatic heterocycles.